The Morgan fingerprint density at radius 2 is 2.08 bits per heavy atom. The standard InChI is InChI=1S/C10H18O2/c1-9(2)7-5-3-4-6-8-10(11)12/h6,8-9H,3-5,7H2,1-2H3,(H,11,12)/b8-6+. The van der Waals surface area contributed by atoms with Gasteiger partial charge in [0, 0.05) is 6.08 Å². The summed E-state index contributed by atoms with van der Waals surface area (Å²) < 4.78 is 0. The van der Waals surface area contributed by atoms with E-state index in [2.05, 4.69) is 13.8 Å². The molecule has 0 rings (SSSR count). The van der Waals surface area contributed by atoms with Gasteiger partial charge in [-0.05, 0) is 18.8 Å². The lowest BCUT2D eigenvalue weighted by Crippen LogP contribution is -1.87. The van der Waals surface area contributed by atoms with Crippen molar-refractivity contribution >= 4 is 5.97 Å². The second-order valence-corrected chi connectivity index (χ2v) is 3.42. The highest BCUT2D eigenvalue weighted by Gasteiger charge is 1.92. The second kappa shape index (κ2) is 6.89. The summed E-state index contributed by atoms with van der Waals surface area (Å²) in [6.45, 7) is 4.40. The molecule has 0 heterocycles. The predicted octanol–water partition coefficient (Wildman–Crippen LogP) is 2.84. The van der Waals surface area contributed by atoms with E-state index in [1.54, 1.807) is 6.08 Å². The van der Waals surface area contributed by atoms with Crippen molar-refractivity contribution in [2.24, 2.45) is 5.92 Å². The first-order valence-corrected chi connectivity index (χ1v) is 4.52. The van der Waals surface area contributed by atoms with E-state index < -0.39 is 5.97 Å². The van der Waals surface area contributed by atoms with Crippen LogP contribution < -0.4 is 0 Å². The van der Waals surface area contributed by atoms with Crippen molar-refractivity contribution in [3.8, 4) is 0 Å². The second-order valence-electron chi connectivity index (χ2n) is 3.42. The Hall–Kier alpha value is -0.790. The summed E-state index contributed by atoms with van der Waals surface area (Å²) >= 11 is 0. The average Bonchev–Trinajstić information content (AvgIpc) is 1.95. The molecule has 0 aliphatic heterocycles. The molecule has 12 heavy (non-hydrogen) atoms. The lowest BCUT2D eigenvalue weighted by Gasteiger charge is -2.01. The lowest BCUT2D eigenvalue weighted by atomic mass is 10.1. The van der Waals surface area contributed by atoms with Crippen molar-refractivity contribution in [1.29, 1.82) is 0 Å². The molecule has 0 fully saturated rings. The zero-order valence-electron chi connectivity index (χ0n) is 7.92. The Labute approximate surface area is 74.3 Å². The maximum absolute atomic E-state index is 10.1. The van der Waals surface area contributed by atoms with Crippen LogP contribution in [0.4, 0.5) is 0 Å². The summed E-state index contributed by atoms with van der Waals surface area (Å²) in [6, 6.07) is 0. The van der Waals surface area contributed by atoms with E-state index in [4.69, 9.17) is 5.11 Å². The van der Waals surface area contributed by atoms with E-state index in [1.807, 2.05) is 0 Å². The van der Waals surface area contributed by atoms with Gasteiger partial charge in [-0.1, -0.05) is 32.8 Å². The Morgan fingerprint density at radius 3 is 2.58 bits per heavy atom. The summed E-state index contributed by atoms with van der Waals surface area (Å²) in [4.78, 5) is 10.1. The smallest absolute Gasteiger partial charge is 0.327 e. The zero-order chi connectivity index (χ0) is 9.40. The van der Waals surface area contributed by atoms with Gasteiger partial charge in [0.05, 0.1) is 0 Å². The van der Waals surface area contributed by atoms with Crippen LogP contribution in [0.5, 0.6) is 0 Å². The number of carboxylic acids is 1. The molecule has 0 unspecified atom stereocenters. The molecule has 0 saturated carbocycles. The lowest BCUT2D eigenvalue weighted by molar-refractivity contribution is -0.131. The van der Waals surface area contributed by atoms with Crippen molar-refractivity contribution in [1.82, 2.24) is 0 Å². The SMILES string of the molecule is CC(C)CCCC/C=C/C(=O)O. The van der Waals surface area contributed by atoms with Gasteiger partial charge in [-0.25, -0.2) is 4.79 Å². The van der Waals surface area contributed by atoms with E-state index in [1.165, 1.54) is 18.9 Å². The molecule has 2 nitrogen and oxygen atoms in total. The van der Waals surface area contributed by atoms with Crippen molar-refractivity contribution in [3.05, 3.63) is 12.2 Å². The number of hydrogen-bond acceptors (Lipinski definition) is 1. The van der Waals surface area contributed by atoms with Gasteiger partial charge in [-0.3, -0.25) is 0 Å². The highest BCUT2D eigenvalue weighted by Crippen LogP contribution is 2.07. The summed E-state index contributed by atoms with van der Waals surface area (Å²) in [5.74, 6) is -0.0905. The molecule has 0 aliphatic rings. The summed E-state index contributed by atoms with van der Waals surface area (Å²) in [7, 11) is 0. The summed E-state index contributed by atoms with van der Waals surface area (Å²) in [6.07, 6.45) is 7.36. The van der Waals surface area contributed by atoms with Gasteiger partial charge >= 0.3 is 5.97 Å². The number of allylic oxidation sites excluding steroid dienone is 1. The largest absolute Gasteiger partial charge is 0.478 e. The van der Waals surface area contributed by atoms with E-state index in [0.717, 1.165) is 18.8 Å². The van der Waals surface area contributed by atoms with Crippen molar-refractivity contribution in [3.63, 3.8) is 0 Å². The molecule has 0 aromatic carbocycles. The van der Waals surface area contributed by atoms with E-state index in [-0.39, 0.29) is 0 Å². The molecular formula is C10H18O2. The van der Waals surface area contributed by atoms with Gasteiger partial charge < -0.3 is 5.11 Å². The number of carbonyl (C=O) groups is 1. The van der Waals surface area contributed by atoms with Gasteiger partial charge in [-0.15, -0.1) is 0 Å². The molecule has 0 radical (unpaired) electrons. The Morgan fingerprint density at radius 1 is 1.42 bits per heavy atom. The van der Waals surface area contributed by atoms with Gasteiger partial charge in [0.25, 0.3) is 0 Å². The van der Waals surface area contributed by atoms with Crippen LogP contribution in [0.15, 0.2) is 12.2 Å². The van der Waals surface area contributed by atoms with Gasteiger partial charge in [0.1, 0.15) is 0 Å². The molecule has 0 aromatic heterocycles. The van der Waals surface area contributed by atoms with Crippen molar-refractivity contribution < 1.29 is 9.90 Å². The maximum Gasteiger partial charge on any atom is 0.327 e. The van der Waals surface area contributed by atoms with Crippen LogP contribution in [-0.2, 0) is 4.79 Å². The first kappa shape index (κ1) is 11.2. The fourth-order valence-corrected chi connectivity index (χ4v) is 0.999. The molecule has 2 heteroatoms. The number of carboxylic acid groups (broad SMARTS) is 1. The third-order valence-electron chi connectivity index (χ3n) is 1.66. The highest BCUT2D eigenvalue weighted by molar-refractivity contribution is 5.79. The normalized spacial score (nSPS) is 11.2. The molecule has 0 aromatic rings. The van der Waals surface area contributed by atoms with Crippen LogP contribution in [0.3, 0.4) is 0 Å². The van der Waals surface area contributed by atoms with Crippen LogP contribution in [0.2, 0.25) is 0 Å². The molecule has 0 aliphatic carbocycles. The van der Waals surface area contributed by atoms with Crippen molar-refractivity contribution in [2.75, 3.05) is 0 Å². The molecule has 0 saturated heterocycles. The fraction of sp³-hybridized carbons (Fsp3) is 0.700. The molecule has 1 N–H and O–H groups in total. The predicted molar refractivity (Wildman–Crippen MR) is 50.1 cm³/mol. The minimum absolute atomic E-state index is 0.758. The minimum Gasteiger partial charge on any atom is -0.478 e. The van der Waals surface area contributed by atoms with Crippen LogP contribution in [0, 0.1) is 5.92 Å². The van der Waals surface area contributed by atoms with Crippen LogP contribution >= 0.6 is 0 Å². The molecule has 70 valence electrons. The minimum atomic E-state index is -0.848. The Balaban J connectivity index is 3.16. The molecule has 0 spiro atoms. The monoisotopic (exact) mass is 170 g/mol. The van der Waals surface area contributed by atoms with Crippen LogP contribution in [0.1, 0.15) is 39.5 Å². The average molecular weight is 170 g/mol. The third-order valence-corrected chi connectivity index (χ3v) is 1.66. The molecule has 0 atom stereocenters. The Kier molecular flexibility index (Phi) is 6.44. The van der Waals surface area contributed by atoms with E-state index in [9.17, 15) is 4.79 Å². The molecular weight excluding hydrogens is 152 g/mol. The van der Waals surface area contributed by atoms with Gasteiger partial charge in [0.15, 0.2) is 0 Å². The molecule has 0 bridgehead atoms. The van der Waals surface area contributed by atoms with E-state index in [0.29, 0.717) is 0 Å². The third kappa shape index (κ3) is 9.21. The van der Waals surface area contributed by atoms with Gasteiger partial charge in [-0.2, -0.15) is 0 Å². The number of hydrogen-bond donors (Lipinski definition) is 1. The summed E-state index contributed by atoms with van der Waals surface area (Å²) in [5.41, 5.74) is 0. The highest BCUT2D eigenvalue weighted by atomic mass is 16.4. The van der Waals surface area contributed by atoms with Crippen molar-refractivity contribution in [2.45, 2.75) is 39.5 Å². The zero-order valence-corrected chi connectivity index (χ0v) is 7.92. The van der Waals surface area contributed by atoms with Crippen LogP contribution in [-0.4, -0.2) is 11.1 Å². The summed E-state index contributed by atoms with van der Waals surface area (Å²) in [5, 5.41) is 8.27. The van der Waals surface area contributed by atoms with Crippen LogP contribution in [0.25, 0.3) is 0 Å². The number of rotatable bonds is 6. The number of aliphatic carboxylic acids is 1. The maximum atomic E-state index is 10.1. The topological polar surface area (TPSA) is 37.3 Å². The first-order chi connectivity index (χ1) is 5.63. The quantitative estimate of drug-likeness (QED) is 0.491. The fourth-order valence-electron chi connectivity index (χ4n) is 0.999. The molecule has 0 amide bonds. The number of unbranched alkanes of at least 4 members (excludes halogenated alkanes) is 2. The first-order valence-electron chi connectivity index (χ1n) is 4.52. The van der Waals surface area contributed by atoms with Gasteiger partial charge in [0.2, 0.25) is 0 Å². The Bertz CT molecular complexity index is 148. The van der Waals surface area contributed by atoms with E-state index >= 15 is 0 Å².